The number of hydrogen-bond acceptors (Lipinski definition) is 4. The molecule has 1 aromatic carbocycles. The van der Waals surface area contributed by atoms with Gasteiger partial charge < -0.3 is 9.26 Å². The molecule has 0 aliphatic carbocycles. The van der Waals surface area contributed by atoms with Crippen molar-refractivity contribution in [2.24, 2.45) is 0 Å². The molecule has 0 aliphatic rings. The van der Waals surface area contributed by atoms with Crippen LogP contribution >= 0.6 is 11.6 Å². The van der Waals surface area contributed by atoms with E-state index in [2.05, 4.69) is 17.1 Å². The smallest absolute Gasteiger partial charge is 0.229 e. The van der Waals surface area contributed by atoms with Gasteiger partial charge in [0, 0.05) is 10.9 Å². The van der Waals surface area contributed by atoms with Crippen LogP contribution in [0.2, 0.25) is 5.02 Å². The minimum Gasteiger partial charge on any atom is -0.485 e. The van der Waals surface area contributed by atoms with Gasteiger partial charge in [-0.05, 0) is 30.2 Å². The molecule has 0 bridgehead atoms. The van der Waals surface area contributed by atoms with Crippen molar-refractivity contribution in [1.29, 1.82) is 0 Å². The van der Waals surface area contributed by atoms with Gasteiger partial charge >= 0.3 is 0 Å². The van der Waals surface area contributed by atoms with Gasteiger partial charge in [0.1, 0.15) is 5.75 Å². The zero-order valence-electron chi connectivity index (χ0n) is 11.3. The Kier molecular flexibility index (Phi) is 4.43. The standard InChI is InChI=1S/C14H17ClN2O2/c1-4-10-7-11(5-6-12(10)15)18-8-13-16-14(9(2)3)19-17-13/h5-7,9H,4,8H2,1-3H3. The Balaban J connectivity index is 2.01. The molecule has 0 aliphatic heterocycles. The largest absolute Gasteiger partial charge is 0.485 e. The Morgan fingerprint density at radius 1 is 1.37 bits per heavy atom. The average Bonchev–Trinajstić information content (AvgIpc) is 2.87. The maximum Gasteiger partial charge on any atom is 0.229 e. The molecule has 0 fully saturated rings. The molecule has 2 aromatic rings. The molecule has 2 rings (SSSR count). The molecule has 0 N–H and O–H groups in total. The molecular formula is C14H17ClN2O2. The summed E-state index contributed by atoms with van der Waals surface area (Å²) in [6, 6.07) is 5.61. The normalized spacial score (nSPS) is 11.0. The minimum absolute atomic E-state index is 0.225. The molecule has 19 heavy (non-hydrogen) atoms. The topological polar surface area (TPSA) is 48.2 Å². The van der Waals surface area contributed by atoms with Gasteiger partial charge in [0.2, 0.25) is 11.7 Å². The van der Waals surface area contributed by atoms with Crippen LogP contribution in [0.25, 0.3) is 0 Å². The van der Waals surface area contributed by atoms with Crippen LogP contribution in [0.15, 0.2) is 22.7 Å². The van der Waals surface area contributed by atoms with E-state index in [1.54, 1.807) is 0 Å². The summed E-state index contributed by atoms with van der Waals surface area (Å²) in [5, 5.41) is 4.64. The highest BCUT2D eigenvalue weighted by molar-refractivity contribution is 6.31. The highest BCUT2D eigenvalue weighted by atomic mass is 35.5. The van der Waals surface area contributed by atoms with Crippen LogP contribution in [-0.4, -0.2) is 10.1 Å². The Labute approximate surface area is 117 Å². The molecule has 0 saturated carbocycles. The predicted octanol–water partition coefficient (Wildman–Crippen LogP) is 3.99. The lowest BCUT2D eigenvalue weighted by molar-refractivity contribution is 0.284. The lowest BCUT2D eigenvalue weighted by atomic mass is 10.1. The van der Waals surface area contributed by atoms with Crippen molar-refractivity contribution >= 4 is 11.6 Å². The van der Waals surface area contributed by atoms with Crippen LogP contribution in [0.1, 0.15) is 44.0 Å². The van der Waals surface area contributed by atoms with E-state index in [9.17, 15) is 0 Å². The van der Waals surface area contributed by atoms with Crippen molar-refractivity contribution < 1.29 is 9.26 Å². The molecule has 0 radical (unpaired) electrons. The van der Waals surface area contributed by atoms with Crippen LogP contribution in [0.5, 0.6) is 5.75 Å². The first-order valence-corrected chi connectivity index (χ1v) is 6.71. The minimum atomic E-state index is 0.225. The highest BCUT2D eigenvalue weighted by Gasteiger charge is 2.10. The zero-order valence-corrected chi connectivity index (χ0v) is 12.1. The first kappa shape index (κ1) is 13.9. The summed E-state index contributed by atoms with van der Waals surface area (Å²) in [5.74, 6) is 2.17. The third-order valence-corrected chi connectivity index (χ3v) is 3.11. The number of rotatable bonds is 5. The number of aromatic nitrogens is 2. The maximum absolute atomic E-state index is 6.06. The molecule has 1 heterocycles. The van der Waals surface area contributed by atoms with E-state index in [1.165, 1.54) is 0 Å². The fourth-order valence-electron chi connectivity index (χ4n) is 1.62. The molecule has 5 heteroatoms. The maximum atomic E-state index is 6.06. The van der Waals surface area contributed by atoms with Crippen LogP contribution in [-0.2, 0) is 13.0 Å². The zero-order chi connectivity index (χ0) is 13.8. The van der Waals surface area contributed by atoms with Crippen LogP contribution < -0.4 is 4.74 Å². The molecule has 0 unspecified atom stereocenters. The number of benzene rings is 1. The molecule has 4 nitrogen and oxygen atoms in total. The second-order valence-corrected chi connectivity index (χ2v) is 5.01. The number of hydrogen-bond donors (Lipinski definition) is 0. The van der Waals surface area contributed by atoms with Gasteiger partial charge in [-0.2, -0.15) is 4.98 Å². The van der Waals surface area contributed by atoms with Gasteiger partial charge in [-0.25, -0.2) is 0 Å². The summed E-state index contributed by atoms with van der Waals surface area (Å²) in [5.41, 5.74) is 1.06. The van der Waals surface area contributed by atoms with E-state index in [4.69, 9.17) is 20.9 Å². The molecule has 0 atom stereocenters. The van der Waals surface area contributed by atoms with Crippen molar-refractivity contribution in [1.82, 2.24) is 10.1 Å². The second kappa shape index (κ2) is 6.06. The van der Waals surface area contributed by atoms with Gasteiger partial charge in [-0.3, -0.25) is 0 Å². The molecule has 0 spiro atoms. The summed E-state index contributed by atoms with van der Waals surface area (Å²) < 4.78 is 10.8. The molecule has 1 aromatic heterocycles. The SMILES string of the molecule is CCc1cc(OCc2noc(C(C)C)n2)ccc1Cl. The van der Waals surface area contributed by atoms with Crippen molar-refractivity contribution in [3.8, 4) is 5.75 Å². The fourth-order valence-corrected chi connectivity index (χ4v) is 1.87. The number of halogens is 1. The van der Waals surface area contributed by atoms with E-state index < -0.39 is 0 Å². The van der Waals surface area contributed by atoms with Crippen molar-refractivity contribution in [2.45, 2.75) is 39.7 Å². The number of aryl methyl sites for hydroxylation is 1. The van der Waals surface area contributed by atoms with Crippen molar-refractivity contribution in [3.05, 3.63) is 40.5 Å². The van der Waals surface area contributed by atoms with E-state index in [0.717, 1.165) is 22.8 Å². The third kappa shape index (κ3) is 3.47. The van der Waals surface area contributed by atoms with Gasteiger partial charge in [0.25, 0.3) is 0 Å². The molecular weight excluding hydrogens is 264 g/mol. The highest BCUT2D eigenvalue weighted by Crippen LogP contribution is 2.23. The predicted molar refractivity (Wildman–Crippen MR) is 73.5 cm³/mol. The molecule has 0 amide bonds. The monoisotopic (exact) mass is 280 g/mol. The lowest BCUT2D eigenvalue weighted by Crippen LogP contribution is -1.98. The summed E-state index contributed by atoms with van der Waals surface area (Å²) in [6.07, 6.45) is 0.871. The summed E-state index contributed by atoms with van der Waals surface area (Å²) >= 11 is 6.06. The van der Waals surface area contributed by atoms with Gasteiger partial charge in [0.15, 0.2) is 6.61 Å². The summed E-state index contributed by atoms with van der Waals surface area (Å²) in [6.45, 7) is 6.36. The Morgan fingerprint density at radius 2 is 2.16 bits per heavy atom. The number of nitrogens with zero attached hydrogens (tertiary/aromatic N) is 2. The summed E-state index contributed by atoms with van der Waals surface area (Å²) in [4.78, 5) is 4.26. The first-order valence-electron chi connectivity index (χ1n) is 6.33. The fraction of sp³-hybridized carbons (Fsp3) is 0.429. The Morgan fingerprint density at radius 3 is 2.79 bits per heavy atom. The van der Waals surface area contributed by atoms with E-state index in [1.807, 2.05) is 32.0 Å². The van der Waals surface area contributed by atoms with Crippen molar-refractivity contribution in [3.63, 3.8) is 0 Å². The van der Waals surface area contributed by atoms with Gasteiger partial charge in [0.05, 0.1) is 0 Å². The Bertz CT molecular complexity index is 552. The lowest BCUT2D eigenvalue weighted by Gasteiger charge is -2.06. The average molecular weight is 281 g/mol. The summed E-state index contributed by atoms with van der Waals surface area (Å²) in [7, 11) is 0. The quantitative estimate of drug-likeness (QED) is 0.831. The number of ether oxygens (including phenoxy) is 1. The second-order valence-electron chi connectivity index (χ2n) is 4.60. The van der Waals surface area contributed by atoms with Gasteiger partial charge in [-0.15, -0.1) is 0 Å². The Hall–Kier alpha value is -1.55. The van der Waals surface area contributed by atoms with Crippen LogP contribution in [0.4, 0.5) is 0 Å². The molecule has 102 valence electrons. The van der Waals surface area contributed by atoms with E-state index in [0.29, 0.717) is 18.3 Å². The van der Waals surface area contributed by atoms with E-state index >= 15 is 0 Å². The van der Waals surface area contributed by atoms with Crippen LogP contribution in [0, 0.1) is 0 Å². The van der Waals surface area contributed by atoms with Gasteiger partial charge in [-0.1, -0.05) is 37.5 Å². The first-order chi connectivity index (χ1) is 9.10. The van der Waals surface area contributed by atoms with Crippen molar-refractivity contribution in [2.75, 3.05) is 0 Å². The van der Waals surface area contributed by atoms with E-state index in [-0.39, 0.29) is 5.92 Å². The molecule has 0 saturated heterocycles. The van der Waals surface area contributed by atoms with Crippen LogP contribution in [0.3, 0.4) is 0 Å². The third-order valence-electron chi connectivity index (χ3n) is 2.74.